The standard InChI is InChI=1S/C16H17N3/c1-17-15(11-16-18-9-10-19-16)14-8-4-6-12-5-2-3-7-13(12)14/h2-10,15,17H,11H2,1H3,(H,18,19). The summed E-state index contributed by atoms with van der Waals surface area (Å²) in [5.41, 5.74) is 1.32. The molecular formula is C16H17N3. The van der Waals surface area contributed by atoms with Crippen LogP contribution in [0.2, 0.25) is 0 Å². The minimum absolute atomic E-state index is 0.261. The molecule has 0 radical (unpaired) electrons. The van der Waals surface area contributed by atoms with Gasteiger partial charge in [0.25, 0.3) is 0 Å². The van der Waals surface area contributed by atoms with Crippen LogP contribution < -0.4 is 5.32 Å². The van der Waals surface area contributed by atoms with Gasteiger partial charge in [-0.2, -0.15) is 0 Å². The van der Waals surface area contributed by atoms with Gasteiger partial charge < -0.3 is 10.3 Å². The number of hydrogen-bond acceptors (Lipinski definition) is 2. The Morgan fingerprint density at radius 2 is 2.00 bits per heavy atom. The Morgan fingerprint density at radius 1 is 1.16 bits per heavy atom. The van der Waals surface area contributed by atoms with Crippen LogP contribution >= 0.6 is 0 Å². The topological polar surface area (TPSA) is 40.7 Å². The summed E-state index contributed by atoms with van der Waals surface area (Å²) in [6.45, 7) is 0. The molecule has 1 heterocycles. The number of nitrogens with one attached hydrogen (secondary N) is 2. The Morgan fingerprint density at radius 3 is 2.79 bits per heavy atom. The molecule has 1 unspecified atom stereocenters. The number of likely N-dealkylation sites (N-methyl/N-ethyl adjacent to an activating group) is 1. The third kappa shape index (κ3) is 2.37. The SMILES string of the molecule is CNC(Cc1ncc[nH]1)c1cccc2ccccc12. The molecule has 0 aliphatic heterocycles. The average molecular weight is 251 g/mol. The molecule has 0 saturated carbocycles. The predicted molar refractivity (Wildman–Crippen MR) is 78.0 cm³/mol. The van der Waals surface area contributed by atoms with Gasteiger partial charge in [-0.15, -0.1) is 0 Å². The highest BCUT2D eigenvalue weighted by Gasteiger charge is 2.13. The number of fused-ring (bicyclic) bond motifs is 1. The molecule has 1 aromatic heterocycles. The predicted octanol–water partition coefficient (Wildman–Crippen LogP) is 3.07. The molecule has 0 aliphatic carbocycles. The van der Waals surface area contributed by atoms with Crippen molar-refractivity contribution in [3.63, 3.8) is 0 Å². The van der Waals surface area contributed by atoms with Crippen molar-refractivity contribution in [3.8, 4) is 0 Å². The van der Waals surface area contributed by atoms with E-state index in [1.165, 1.54) is 16.3 Å². The fourth-order valence-corrected chi connectivity index (χ4v) is 2.52. The van der Waals surface area contributed by atoms with Crippen molar-refractivity contribution in [2.45, 2.75) is 12.5 Å². The van der Waals surface area contributed by atoms with Crippen LogP contribution in [0.5, 0.6) is 0 Å². The van der Waals surface area contributed by atoms with Gasteiger partial charge in [-0.25, -0.2) is 4.98 Å². The number of hydrogen-bond donors (Lipinski definition) is 2. The number of aromatic nitrogens is 2. The smallest absolute Gasteiger partial charge is 0.107 e. The van der Waals surface area contributed by atoms with Gasteiger partial charge in [0.1, 0.15) is 5.82 Å². The first-order valence-corrected chi connectivity index (χ1v) is 6.51. The van der Waals surface area contributed by atoms with Gasteiger partial charge in [0, 0.05) is 24.9 Å². The number of aromatic amines is 1. The molecule has 2 N–H and O–H groups in total. The Labute approximate surface area is 112 Å². The number of benzene rings is 2. The minimum atomic E-state index is 0.261. The highest BCUT2D eigenvalue weighted by atomic mass is 14.9. The van der Waals surface area contributed by atoms with Gasteiger partial charge in [0.15, 0.2) is 0 Å². The number of rotatable bonds is 4. The molecule has 3 heteroatoms. The highest BCUT2D eigenvalue weighted by Crippen LogP contribution is 2.25. The summed E-state index contributed by atoms with van der Waals surface area (Å²) in [5.74, 6) is 1.01. The van der Waals surface area contributed by atoms with Crippen LogP contribution in [0.3, 0.4) is 0 Å². The Hall–Kier alpha value is -2.13. The van der Waals surface area contributed by atoms with Gasteiger partial charge in [-0.1, -0.05) is 42.5 Å². The van der Waals surface area contributed by atoms with Crippen molar-refractivity contribution in [2.75, 3.05) is 7.05 Å². The van der Waals surface area contributed by atoms with Crippen LogP contribution in [0.4, 0.5) is 0 Å². The summed E-state index contributed by atoms with van der Waals surface area (Å²) in [5, 5.41) is 5.97. The molecule has 96 valence electrons. The van der Waals surface area contributed by atoms with Crippen LogP contribution in [0, 0.1) is 0 Å². The molecule has 0 fully saturated rings. The van der Waals surface area contributed by atoms with E-state index in [-0.39, 0.29) is 6.04 Å². The number of imidazole rings is 1. The summed E-state index contributed by atoms with van der Waals surface area (Å²) in [6, 6.07) is 15.2. The summed E-state index contributed by atoms with van der Waals surface area (Å²) >= 11 is 0. The van der Waals surface area contributed by atoms with E-state index in [0.717, 1.165) is 12.2 Å². The van der Waals surface area contributed by atoms with E-state index >= 15 is 0 Å². The maximum absolute atomic E-state index is 4.31. The van der Waals surface area contributed by atoms with Crippen molar-refractivity contribution >= 4 is 10.8 Å². The van der Waals surface area contributed by atoms with E-state index < -0.39 is 0 Å². The fraction of sp³-hybridized carbons (Fsp3) is 0.188. The van der Waals surface area contributed by atoms with Gasteiger partial charge >= 0.3 is 0 Å². The van der Waals surface area contributed by atoms with Gasteiger partial charge in [0.2, 0.25) is 0 Å². The maximum Gasteiger partial charge on any atom is 0.107 e. The Kier molecular flexibility index (Phi) is 3.29. The van der Waals surface area contributed by atoms with Crippen LogP contribution in [-0.4, -0.2) is 17.0 Å². The lowest BCUT2D eigenvalue weighted by Crippen LogP contribution is -2.19. The first kappa shape index (κ1) is 11.9. The van der Waals surface area contributed by atoms with E-state index in [1.807, 2.05) is 13.2 Å². The molecule has 3 nitrogen and oxygen atoms in total. The molecular weight excluding hydrogens is 234 g/mol. The highest BCUT2D eigenvalue weighted by molar-refractivity contribution is 5.86. The molecule has 3 aromatic rings. The molecule has 0 amide bonds. The van der Waals surface area contributed by atoms with Gasteiger partial charge in [-0.05, 0) is 23.4 Å². The largest absolute Gasteiger partial charge is 0.349 e. The van der Waals surface area contributed by atoms with Crippen molar-refractivity contribution in [1.29, 1.82) is 0 Å². The van der Waals surface area contributed by atoms with Gasteiger partial charge in [-0.3, -0.25) is 0 Å². The van der Waals surface area contributed by atoms with E-state index in [0.29, 0.717) is 0 Å². The van der Waals surface area contributed by atoms with E-state index in [2.05, 4.69) is 57.7 Å². The first-order chi connectivity index (χ1) is 9.38. The zero-order valence-electron chi connectivity index (χ0n) is 10.9. The maximum atomic E-state index is 4.31. The molecule has 0 saturated heterocycles. The average Bonchev–Trinajstić information content (AvgIpc) is 2.97. The Balaban J connectivity index is 2.01. The summed E-state index contributed by atoms with van der Waals surface area (Å²) < 4.78 is 0. The van der Waals surface area contributed by atoms with Crippen molar-refractivity contribution in [2.24, 2.45) is 0 Å². The molecule has 0 aliphatic rings. The molecule has 19 heavy (non-hydrogen) atoms. The lowest BCUT2D eigenvalue weighted by Gasteiger charge is -2.17. The molecule has 3 rings (SSSR count). The quantitative estimate of drug-likeness (QED) is 0.748. The second kappa shape index (κ2) is 5.24. The number of H-pyrrole nitrogens is 1. The normalized spacial score (nSPS) is 12.7. The second-order valence-electron chi connectivity index (χ2n) is 4.65. The molecule has 2 aromatic carbocycles. The zero-order chi connectivity index (χ0) is 13.1. The van der Waals surface area contributed by atoms with Crippen LogP contribution in [-0.2, 0) is 6.42 Å². The molecule has 0 spiro atoms. The zero-order valence-corrected chi connectivity index (χ0v) is 10.9. The second-order valence-corrected chi connectivity index (χ2v) is 4.65. The summed E-state index contributed by atoms with van der Waals surface area (Å²) in [7, 11) is 2.00. The Bertz CT molecular complexity index is 653. The number of nitrogens with zero attached hydrogens (tertiary/aromatic N) is 1. The summed E-state index contributed by atoms with van der Waals surface area (Å²) in [6.07, 6.45) is 4.52. The van der Waals surface area contributed by atoms with Gasteiger partial charge in [0.05, 0.1) is 0 Å². The lowest BCUT2D eigenvalue weighted by atomic mass is 9.96. The lowest BCUT2D eigenvalue weighted by molar-refractivity contribution is 0.582. The first-order valence-electron chi connectivity index (χ1n) is 6.51. The third-order valence-electron chi connectivity index (χ3n) is 3.50. The minimum Gasteiger partial charge on any atom is -0.349 e. The van der Waals surface area contributed by atoms with Crippen molar-refractivity contribution < 1.29 is 0 Å². The fourth-order valence-electron chi connectivity index (χ4n) is 2.52. The van der Waals surface area contributed by atoms with Crippen molar-refractivity contribution in [3.05, 3.63) is 66.2 Å². The third-order valence-corrected chi connectivity index (χ3v) is 3.50. The molecule has 0 bridgehead atoms. The monoisotopic (exact) mass is 251 g/mol. The van der Waals surface area contributed by atoms with Crippen molar-refractivity contribution in [1.82, 2.24) is 15.3 Å². The van der Waals surface area contributed by atoms with Crippen LogP contribution in [0.15, 0.2) is 54.9 Å². The summed E-state index contributed by atoms with van der Waals surface area (Å²) in [4.78, 5) is 7.48. The van der Waals surface area contributed by atoms with Crippen LogP contribution in [0.1, 0.15) is 17.4 Å². The van der Waals surface area contributed by atoms with E-state index in [4.69, 9.17) is 0 Å². The van der Waals surface area contributed by atoms with Crippen LogP contribution in [0.25, 0.3) is 10.8 Å². The molecule has 1 atom stereocenters. The van der Waals surface area contributed by atoms with E-state index in [9.17, 15) is 0 Å². The van der Waals surface area contributed by atoms with E-state index in [1.54, 1.807) is 6.20 Å².